The molecule has 0 unspecified atom stereocenters. The number of fused-ring (bicyclic) bond motifs is 1. The van der Waals surface area contributed by atoms with Gasteiger partial charge in [0, 0.05) is 15.8 Å². The van der Waals surface area contributed by atoms with E-state index in [-0.39, 0.29) is 0 Å². The first-order valence-electron chi connectivity index (χ1n) is 6.22. The van der Waals surface area contributed by atoms with Crippen molar-refractivity contribution in [3.05, 3.63) is 51.2 Å². The summed E-state index contributed by atoms with van der Waals surface area (Å²) in [5.41, 5.74) is 2.91. The van der Waals surface area contributed by atoms with Crippen molar-refractivity contribution >= 4 is 22.6 Å². The van der Waals surface area contributed by atoms with Gasteiger partial charge in [-0.25, -0.2) is 4.98 Å². The summed E-state index contributed by atoms with van der Waals surface area (Å²) in [6.07, 6.45) is 6.79. The molecule has 2 nitrogen and oxygen atoms in total. The summed E-state index contributed by atoms with van der Waals surface area (Å²) < 4.78 is 6.90. The zero-order valence-electron chi connectivity index (χ0n) is 10.0. The van der Waals surface area contributed by atoms with Crippen LogP contribution in [0.5, 0.6) is 11.6 Å². The Morgan fingerprint density at radius 3 is 2.61 bits per heavy atom. The first-order chi connectivity index (χ1) is 8.81. The molecule has 1 aliphatic carbocycles. The molecule has 3 rings (SSSR count). The van der Waals surface area contributed by atoms with Crippen molar-refractivity contribution in [1.82, 2.24) is 4.98 Å². The molecule has 0 bridgehead atoms. The van der Waals surface area contributed by atoms with E-state index in [4.69, 9.17) is 4.74 Å². The number of hydrogen-bond acceptors (Lipinski definition) is 2. The number of ether oxygens (including phenoxy) is 1. The highest BCUT2D eigenvalue weighted by molar-refractivity contribution is 14.1. The van der Waals surface area contributed by atoms with Gasteiger partial charge in [-0.15, -0.1) is 0 Å². The standard InChI is InChI=1S/C15H14INO/c16-13-6-8-15(17-10-13)18-14-7-5-11-3-1-2-4-12(11)9-14/h5-10H,1-4H2. The minimum Gasteiger partial charge on any atom is -0.439 e. The molecular formula is C15H14INO. The molecule has 1 heterocycles. The summed E-state index contributed by atoms with van der Waals surface area (Å²) in [5.74, 6) is 1.55. The van der Waals surface area contributed by atoms with Crippen LogP contribution < -0.4 is 4.74 Å². The number of nitrogens with zero attached hydrogens (tertiary/aromatic N) is 1. The quantitative estimate of drug-likeness (QED) is 0.751. The van der Waals surface area contributed by atoms with Gasteiger partial charge in [0.1, 0.15) is 5.75 Å². The van der Waals surface area contributed by atoms with Crippen LogP contribution in [0.25, 0.3) is 0 Å². The van der Waals surface area contributed by atoms with E-state index in [1.165, 1.54) is 36.8 Å². The molecule has 1 aromatic carbocycles. The van der Waals surface area contributed by atoms with Gasteiger partial charge in [-0.05, 0) is 77.6 Å². The van der Waals surface area contributed by atoms with E-state index in [1.54, 1.807) is 0 Å². The van der Waals surface area contributed by atoms with E-state index >= 15 is 0 Å². The molecule has 92 valence electrons. The van der Waals surface area contributed by atoms with Crippen LogP contribution in [-0.4, -0.2) is 4.98 Å². The van der Waals surface area contributed by atoms with E-state index < -0.39 is 0 Å². The van der Waals surface area contributed by atoms with Gasteiger partial charge >= 0.3 is 0 Å². The topological polar surface area (TPSA) is 22.1 Å². The number of benzene rings is 1. The predicted molar refractivity (Wildman–Crippen MR) is 80.1 cm³/mol. The maximum Gasteiger partial charge on any atom is 0.219 e. The van der Waals surface area contributed by atoms with Gasteiger partial charge in [-0.3, -0.25) is 0 Å². The summed E-state index contributed by atoms with van der Waals surface area (Å²) in [6.45, 7) is 0. The van der Waals surface area contributed by atoms with Crippen molar-refractivity contribution in [2.75, 3.05) is 0 Å². The highest BCUT2D eigenvalue weighted by Crippen LogP contribution is 2.27. The SMILES string of the molecule is Ic1ccc(Oc2ccc3c(c2)CCCC3)nc1. The number of aromatic nitrogens is 1. The van der Waals surface area contributed by atoms with E-state index in [0.29, 0.717) is 5.88 Å². The van der Waals surface area contributed by atoms with E-state index in [2.05, 4.69) is 39.7 Å². The van der Waals surface area contributed by atoms with Crippen molar-refractivity contribution < 1.29 is 4.74 Å². The van der Waals surface area contributed by atoms with Gasteiger partial charge in [0.25, 0.3) is 0 Å². The minimum absolute atomic E-state index is 0.658. The zero-order valence-corrected chi connectivity index (χ0v) is 12.2. The molecule has 0 saturated heterocycles. The molecular weight excluding hydrogens is 337 g/mol. The van der Waals surface area contributed by atoms with Crippen molar-refractivity contribution in [2.24, 2.45) is 0 Å². The highest BCUT2D eigenvalue weighted by atomic mass is 127. The second-order valence-electron chi connectivity index (χ2n) is 4.55. The average Bonchev–Trinajstić information content (AvgIpc) is 2.41. The maximum absolute atomic E-state index is 5.78. The monoisotopic (exact) mass is 351 g/mol. The molecule has 2 aromatic rings. The third-order valence-corrected chi connectivity index (χ3v) is 3.88. The fourth-order valence-corrected chi connectivity index (χ4v) is 2.64. The Balaban J connectivity index is 1.82. The molecule has 0 aliphatic heterocycles. The molecule has 0 fully saturated rings. The highest BCUT2D eigenvalue weighted by Gasteiger charge is 2.10. The van der Waals surface area contributed by atoms with Gasteiger partial charge in [0.15, 0.2) is 0 Å². The molecule has 3 heteroatoms. The van der Waals surface area contributed by atoms with Gasteiger partial charge in [-0.2, -0.15) is 0 Å². The van der Waals surface area contributed by atoms with Gasteiger partial charge in [0.05, 0.1) is 0 Å². The van der Waals surface area contributed by atoms with Gasteiger partial charge in [0.2, 0.25) is 5.88 Å². The van der Waals surface area contributed by atoms with Crippen LogP contribution in [0.2, 0.25) is 0 Å². The Morgan fingerprint density at radius 2 is 1.83 bits per heavy atom. The number of rotatable bonds is 2. The van der Waals surface area contributed by atoms with Crippen LogP contribution in [0.15, 0.2) is 36.5 Å². The molecule has 1 aliphatic rings. The fraction of sp³-hybridized carbons (Fsp3) is 0.267. The van der Waals surface area contributed by atoms with Crippen molar-refractivity contribution in [3.8, 4) is 11.6 Å². The number of hydrogen-bond donors (Lipinski definition) is 0. The summed E-state index contributed by atoms with van der Waals surface area (Å²) in [5, 5.41) is 0. The molecule has 0 saturated carbocycles. The van der Waals surface area contributed by atoms with Crippen LogP contribution in [0.3, 0.4) is 0 Å². The predicted octanol–water partition coefficient (Wildman–Crippen LogP) is 4.36. The van der Waals surface area contributed by atoms with E-state index in [0.717, 1.165) is 9.32 Å². The molecule has 0 spiro atoms. The van der Waals surface area contributed by atoms with Crippen LogP contribution in [0.1, 0.15) is 24.0 Å². The third-order valence-electron chi connectivity index (χ3n) is 3.24. The molecule has 0 atom stereocenters. The van der Waals surface area contributed by atoms with Gasteiger partial charge < -0.3 is 4.74 Å². The molecule has 18 heavy (non-hydrogen) atoms. The lowest BCUT2D eigenvalue weighted by Crippen LogP contribution is -2.02. The van der Waals surface area contributed by atoms with Crippen LogP contribution in [-0.2, 0) is 12.8 Å². The molecule has 0 amide bonds. The Bertz CT molecular complexity index is 551. The van der Waals surface area contributed by atoms with E-state index in [1.807, 2.05) is 24.4 Å². The molecule has 0 radical (unpaired) electrons. The summed E-state index contributed by atoms with van der Waals surface area (Å²) in [6, 6.07) is 10.3. The summed E-state index contributed by atoms with van der Waals surface area (Å²) >= 11 is 2.24. The lowest BCUT2D eigenvalue weighted by atomic mass is 9.92. The minimum atomic E-state index is 0.658. The fourth-order valence-electron chi connectivity index (χ4n) is 2.32. The van der Waals surface area contributed by atoms with Crippen molar-refractivity contribution in [1.29, 1.82) is 0 Å². The largest absolute Gasteiger partial charge is 0.439 e. The number of aryl methyl sites for hydroxylation is 2. The normalized spacial score (nSPS) is 14.1. The third kappa shape index (κ3) is 2.66. The summed E-state index contributed by atoms with van der Waals surface area (Å²) in [7, 11) is 0. The van der Waals surface area contributed by atoms with E-state index in [9.17, 15) is 0 Å². The lowest BCUT2D eigenvalue weighted by molar-refractivity contribution is 0.461. The number of halogens is 1. The molecule has 1 aromatic heterocycles. The first kappa shape index (κ1) is 12.0. The smallest absolute Gasteiger partial charge is 0.219 e. The van der Waals surface area contributed by atoms with Crippen molar-refractivity contribution in [2.45, 2.75) is 25.7 Å². The number of pyridine rings is 1. The summed E-state index contributed by atoms with van der Waals surface area (Å²) in [4.78, 5) is 4.26. The van der Waals surface area contributed by atoms with Crippen LogP contribution >= 0.6 is 22.6 Å². The van der Waals surface area contributed by atoms with Gasteiger partial charge in [-0.1, -0.05) is 6.07 Å². The average molecular weight is 351 g/mol. The second-order valence-corrected chi connectivity index (χ2v) is 5.80. The molecule has 0 N–H and O–H groups in total. The van der Waals surface area contributed by atoms with Crippen molar-refractivity contribution in [3.63, 3.8) is 0 Å². The first-order valence-corrected chi connectivity index (χ1v) is 7.30. The van der Waals surface area contributed by atoms with Crippen LogP contribution in [0.4, 0.5) is 0 Å². The Hall–Kier alpha value is -1.10. The van der Waals surface area contributed by atoms with Crippen LogP contribution in [0, 0.1) is 3.57 Å². The Morgan fingerprint density at radius 1 is 1.00 bits per heavy atom. The lowest BCUT2D eigenvalue weighted by Gasteiger charge is -2.16. The Labute approximate surface area is 121 Å². The Kier molecular flexibility index (Phi) is 3.50. The second kappa shape index (κ2) is 5.26. The maximum atomic E-state index is 5.78. The zero-order chi connectivity index (χ0) is 12.4.